The monoisotopic (exact) mass is 310 g/mol. The number of hydrogen-bond acceptors (Lipinski definition) is 1. The van der Waals surface area contributed by atoms with Gasteiger partial charge in [-0.05, 0) is 50.9 Å². The van der Waals surface area contributed by atoms with E-state index in [0.717, 1.165) is 25.2 Å². The maximum Gasteiger partial charge on any atom is 0.0671 e. The Morgan fingerprint density at radius 3 is 2.24 bits per heavy atom. The molecule has 2 rings (SSSR count). The molecule has 2 nitrogen and oxygen atoms in total. The lowest BCUT2D eigenvalue weighted by molar-refractivity contribution is 0.252. The van der Waals surface area contributed by atoms with Crippen molar-refractivity contribution < 1.29 is 0 Å². The summed E-state index contributed by atoms with van der Waals surface area (Å²) in [5, 5.41) is 5.10. The first-order valence-electron chi connectivity index (χ1n) is 8.90. The standard InChI is InChI=1S/C18H31ClN2/c1-5-13-9-11-14(12-10-13)21-17(8-4)18(15(19)6-2)16(7-3)20-21/h13-15H,5-12H2,1-4H3. The van der Waals surface area contributed by atoms with E-state index in [9.17, 15) is 0 Å². The summed E-state index contributed by atoms with van der Waals surface area (Å²) in [7, 11) is 0. The first kappa shape index (κ1) is 16.9. The van der Waals surface area contributed by atoms with Crippen molar-refractivity contribution in [2.45, 2.75) is 90.5 Å². The van der Waals surface area contributed by atoms with E-state index in [0.29, 0.717) is 6.04 Å². The average molecular weight is 311 g/mol. The first-order chi connectivity index (χ1) is 10.2. The molecule has 1 aliphatic carbocycles. The molecule has 1 aliphatic rings. The molecule has 21 heavy (non-hydrogen) atoms. The van der Waals surface area contributed by atoms with Crippen LogP contribution in [0.25, 0.3) is 0 Å². The molecule has 0 N–H and O–H groups in total. The molecule has 0 saturated heterocycles. The predicted molar refractivity (Wildman–Crippen MR) is 91.2 cm³/mol. The molecule has 1 unspecified atom stereocenters. The summed E-state index contributed by atoms with van der Waals surface area (Å²) in [6.07, 6.45) is 9.64. The number of aromatic nitrogens is 2. The molecule has 0 amide bonds. The fourth-order valence-corrected chi connectivity index (χ4v) is 4.07. The van der Waals surface area contributed by atoms with Crippen molar-refractivity contribution in [3.05, 3.63) is 17.0 Å². The van der Waals surface area contributed by atoms with Gasteiger partial charge in [-0.2, -0.15) is 5.10 Å². The minimum atomic E-state index is 0.121. The van der Waals surface area contributed by atoms with Crippen molar-refractivity contribution in [2.75, 3.05) is 0 Å². The number of rotatable bonds is 6. The van der Waals surface area contributed by atoms with Crippen molar-refractivity contribution in [2.24, 2.45) is 5.92 Å². The number of nitrogens with zero attached hydrogens (tertiary/aromatic N) is 2. The van der Waals surface area contributed by atoms with Gasteiger partial charge in [-0.15, -0.1) is 11.6 Å². The van der Waals surface area contributed by atoms with Gasteiger partial charge in [0, 0.05) is 11.3 Å². The normalized spacial score (nSPS) is 24.2. The van der Waals surface area contributed by atoms with E-state index < -0.39 is 0 Å². The van der Waals surface area contributed by atoms with Crippen molar-refractivity contribution in [1.29, 1.82) is 0 Å². The summed E-state index contributed by atoms with van der Waals surface area (Å²) >= 11 is 6.60. The Balaban J connectivity index is 2.29. The van der Waals surface area contributed by atoms with Crippen molar-refractivity contribution in [1.82, 2.24) is 9.78 Å². The van der Waals surface area contributed by atoms with E-state index >= 15 is 0 Å². The molecular formula is C18H31ClN2. The Labute approximate surface area is 135 Å². The van der Waals surface area contributed by atoms with E-state index in [1.165, 1.54) is 49.1 Å². The van der Waals surface area contributed by atoms with Crippen molar-refractivity contribution in [3.63, 3.8) is 0 Å². The molecule has 1 aromatic rings. The molecule has 3 heteroatoms. The molecule has 1 aromatic heterocycles. The number of halogens is 1. The number of aryl methyl sites for hydroxylation is 1. The van der Waals surface area contributed by atoms with E-state index in [-0.39, 0.29) is 5.38 Å². The molecule has 0 aromatic carbocycles. The third-order valence-electron chi connectivity index (χ3n) is 5.21. The maximum absolute atomic E-state index is 6.60. The maximum atomic E-state index is 6.60. The second-order valence-corrected chi connectivity index (χ2v) is 6.94. The number of alkyl halides is 1. The minimum absolute atomic E-state index is 0.121. The minimum Gasteiger partial charge on any atom is -0.266 e. The Kier molecular flexibility index (Phi) is 6.16. The van der Waals surface area contributed by atoms with E-state index in [1.807, 2.05) is 0 Å². The van der Waals surface area contributed by atoms with Crippen LogP contribution in [0, 0.1) is 5.92 Å². The van der Waals surface area contributed by atoms with Crippen LogP contribution >= 0.6 is 11.6 Å². The van der Waals surface area contributed by atoms with Gasteiger partial charge in [0.05, 0.1) is 17.1 Å². The van der Waals surface area contributed by atoms with Crippen LogP contribution in [0.5, 0.6) is 0 Å². The molecule has 0 aliphatic heterocycles. The zero-order chi connectivity index (χ0) is 15.4. The van der Waals surface area contributed by atoms with Crippen LogP contribution in [0.4, 0.5) is 0 Å². The topological polar surface area (TPSA) is 17.8 Å². The molecule has 0 bridgehead atoms. The van der Waals surface area contributed by atoms with Crippen molar-refractivity contribution >= 4 is 11.6 Å². The lowest BCUT2D eigenvalue weighted by atomic mass is 9.84. The fraction of sp³-hybridized carbons (Fsp3) is 0.833. The van der Waals surface area contributed by atoms with Crippen LogP contribution in [0.1, 0.15) is 94.6 Å². The van der Waals surface area contributed by atoms with Gasteiger partial charge in [-0.25, -0.2) is 0 Å². The molecule has 0 radical (unpaired) electrons. The van der Waals surface area contributed by atoms with Gasteiger partial charge in [-0.3, -0.25) is 4.68 Å². The van der Waals surface area contributed by atoms with Crippen LogP contribution in [0.15, 0.2) is 0 Å². The van der Waals surface area contributed by atoms with Gasteiger partial charge in [0.25, 0.3) is 0 Å². The Morgan fingerprint density at radius 1 is 1.10 bits per heavy atom. The first-order valence-corrected chi connectivity index (χ1v) is 9.33. The lowest BCUT2D eigenvalue weighted by Crippen LogP contribution is -2.20. The highest BCUT2D eigenvalue weighted by molar-refractivity contribution is 6.21. The Bertz CT molecular complexity index is 444. The van der Waals surface area contributed by atoms with Crippen LogP contribution in [-0.4, -0.2) is 9.78 Å². The zero-order valence-corrected chi connectivity index (χ0v) is 14.9. The molecule has 0 spiro atoms. The van der Waals surface area contributed by atoms with E-state index in [2.05, 4.69) is 32.4 Å². The third kappa shape index (κ3) is 3.47. The smallest absolute Gasteiger partial charge is 0.0671 e. The quantitative estimate of drug-likeness (QED) is 0.604. The van der Waals surface area contributed by atoms with Crippen LogP contribution < -0.4 is 0 Å². The molecule has 1 saturated carbocycles. The Morgan fingerprint density at radius 2 is 1.76 bits per heavy atom. The van der Waals surface area contributed by atoms with Gasteiger partial charge in [-0.1, -0.05) is 34.1 Å². The third-order valence-corrected chi connectivity index (χ3v) is 5.73. The summed E-state index contributed by atoms with van der Waals surface area (Å²) in [5.74, 6) is 0.934. The second-order valence-electron chi connectivity index (χ2n) is 6.42. The molecule has 120 valence electrons. The highest BCUT2D eigenvalue weighted by Crippen LogP contribution is 2.38. The van der Waals surface area contributed by atoms with Gasteiger partial charge >= 0.3 is 0 Å². The molecule has 1 heterocycles. The summed E-state index contributed by atoms with van der Waals surface area (Å²) in [6.45, 7) is 8.93. The van der Waals surface area contributed by atoms with E-state index in [1.54, 1.807) is 0 Å². The average Bonchev–Trinajstić information content (AvgIpc) is 2.92. The van der Waals surface area contributed by atoms with Crippen LogP contribution in [-0.2, 0) is 12.8 Å². The van der Waals surface area contributed by atoms with Gasteiger partial charge in [0.1, 0.15) is 0 Å². The molecular weight excluding hydrogens is 280 g/mol. The summed E-state index contributed by atoms with van der Waals surface area (Å²) in [5.41, 5.74) is 3.96. The number of hydrogen-bond donors (Lipinski definition) is 0. The van der Waals surface area contributed by atoms with Gasteiger partial charge < -0.3 is 0 Å². The van der Waals surface area contributed by atoms with E-state index in [4.69, 9.17) is 16.7 Å². The second kappa shape index (κ2) is 7.67. The highest BCUT2D eigenvalue weighted by atomic mass is 35.5. The highest BCUT2D eigenvalue weighted by Gasteiger charge is 2.27. The largest absolute Gasteiger partial charge is 0.266 e. The van der Waals surface area contributed by atoms with Crippen LogP contribution in [0.3, 0.4) is 0 Å². The Hall–Kier alpha value is -0.500. The van der Waals surface area contributed by atoms with Gasteiger partial charge in [0.15, 0.2) is 0 Å². The fourth-order valence-electron chi connectivity index (χ4n) is 3.81. The summed E-state index contributed by atoms with van der Waals surface area (Å²) in [4.78, 5) is 0. The summed E-state index contributed by atoms with van der Waals surface area (Å²) in [6, 6.07) is 0.600. The zero-order valence-electron chi connectivity index (χ0n) is 14.2. The van der Waals surface area contributed by atoms with Crippen LogP contribution in [0.2, 0.25) is 0 Å². The van der Waals surface area contributed by atoms with Crippen molar-refractivity contribution in [3.8, 4) is 0 Å². The predicted octanol–water partition coefficient (Wildman–Crippen LogP) is 5.84. The lowest BCUT2D eigenvalue weighted by Gasteiger charge is -2.29. The SMILES string of the molecule is CCc1nn(C2CCC(CC)CC2)c(CC)c1C(Cl)CC. The molecule has 1 fully saturated rings. The molecule has 1 atom stereocenters. The van der Waals surface area contributed by atoms with Gasteiger partial charge in [0.2, 0.25) is 0 Å². The summed E-state index contributed by atoms with van der Waals surface area (Å²) < 4.78 is 2.35.